The lowest BCUT2D eigenvalue weighted by Crippen LogP contribution is -2.19. The molecule has 7 nitrogen and oxygen atoms in total. The van der Waals surface area contributed by atoms with Crippen molar-refractivity contribution in [2.45, 2.75) is 20.3 Å². The first-order valence-electron chi connectivity index (χ1n) is 6.33. The molecule has 1 rings (SSSR count). The predicted octanol–water partition coefficient (Wildman–Crippen LogP) is 2.52. The Bertz CT molecular complexity index is 490. The van der Waals surface area contributed by atoms with E-state index in [2.05, 4.69) is 5.32 Å². The van der Waals surface area contributed by atoms with Gasteiger partial charge in [-0.25, -0.2) is 0 Å². The monoisotopic (exact) mass is 282 g/mol. The van der Waals surface area contributed by atoms with Gasteiger partial charge in [-0.1, -0.05) is 13.8 Å². The van der Waals surface area contributed by atoms with E-state index in [0.717, 1.165) is 6.42 Å². The Kier molecular flexibility index (Phi) is 5.76. The van der Waals surface area contributed by atoms with Gasteiger partial charge in [-0.05, 0) is 6.42 Å². The van der Waals surface area contributed by atoms with Crippen LogP contribution in [0.4, 0.5) is 11.4 Å². The van der Waals surface area contributed by atoms with Crippen molar-refractivity contribution < 1.29 is 19.6 Å². The van der Waals surface area contributed by atoms with E-state index < -0.39 is 16.8 Å². The topological polar surface area (TPSA) is 102 Å². The molecule has 1 unspecified atom stereocenters. The normalized spacial score (nSPS) is 11.7. The highest BCUT2D eigenvalue weighted by Gasteiger charge is 2.13. The highest BCUT2D eigenvalue weighted by atomic mass is 16.6. The van der Waals surface area contributed by atoms with Crippen LogP contribution in [0.15, 0.2) is 18.2 Å². The van der Waals surface area contributed by atoms with Crippen molar-refractivity contribution >= 4 is 17.3 Å². The van der Waals surface area contributed by atoms with Crippen molar-refractivity contribution in [2.24, 2.45) is 5.92 Å². The van der Waals surface area contributed by atoms with Gasteiger partial charge in [-0.2, -0.15) is 0 Å². The fourth-order valence-corrected chi connectivity index (χ4v) is 1.45. The fourth-order valence-electron chi connectivity index (χ4n) is 1.45. The first-order chi connectivity index (χ1) is 9.43. The highest BCUT2D eigenvalue weighted by molar-refractivity contribution is 5.70. The number of non-ortho nitro benzene ring substituents is 1. The second kappa shape index (κ2) is 7.32. The van der Waals surface area contributed by atoms with Crippen LogP contribution in [0.25, 0.3) is 0 Å². The van der Waals surface area contributed by atoms with E-state index in [1.165, 1.54) is 12.1 Å². The second-order valence-corrected chi connectivity index (χ2v) is 4.44. The molecule has 0 spiro atoms. The summed E-state index contributed by atoms with van der Waals surface area (Å²) in [5, 5.41) is 22.5. The first kappa shape index (κ1) is 15.7. The Labute approximate surface area is 116 Å². The lowest BCUT2D eigenvalue weighted by Gasteiger charge is -2.11. The Balaban J connectivity index is 2.85. The molecule has 0 heterocycles. The Morgan fingerprint density at radius 3 is 2.75 bits per heavy atom. The molecule has 1 atom stereocenters. The number of carboxylic acids is 1. The molecule has 0 saturated heterocycles. The summed E-state index contributed by atoms with van der Waals surface area (Å²) in [5.74, 6) is -1.12. The van der Waals surface area contributed by atoms with Gasteiger partial charge in [0.05, 0.1) is 23.5 Å². The van der Waals surface area contributed by atoms with Crippen LogP contribution in [-0.2, 0) is 4.79 Å². The Morgan fingerprint density at radius 2 is 2.20 bits per heavy atom. The van der Waals surface area contributed by atoms with Crippen molar-refractivity contribution in [1.82, 2.24) is 0 Å². The molecule has 0 radical (unpaired) electrons. The van der Waals surface area contributed by atoms with Crippen LogP contribution in [0.5, 0.6) is 5.75 Å². The van der Waals surface area contributed by atoms with Crippen molar-refractivity contribution in [3.8, 4) is 5.75 Å². The van der Waals surface area contributed by atoms with Gasteiger partial charge in [0.1, 0.15) is 5.75 Å². The van der Waals surface area contributed by atoms with Crippen LogP contribution >= 0.6 is 0 Å². The van der Waals surface area contributed by atoms with Crippen LogP contribution in [0.3, 0.4) is 0 Å². The summed E-state index contributed by atoms with van der Waals surface area (Å²) in [7, 11) is 0. The number of ether oxygens (including phenoxy) is 1. The zero-order chi connectivity index (χ0) is 15.1. The number of hydrogen-bond acceptors (Lipinski definition) is 5. The van der Waals surface area contributed by atoms with E-state index in [4.69, 9.17) is 9.84 Å². The molecular formula is C13H18N2O5. The number of hydrogen-bond donors (Lipinski definition) is 2. The number of carboxylic acid groups (broad SMARTS) is 1. The van der Waals surface area contributed by atoms with Crippen LogP contribution in [0.1, 0.15) is 20.3 Å². The maximum atomic E-state index is 10.9. The number of nitro benzene ring substituents is 1. The van der Waals surface area contributed by atoms with E-state index in [1.807, 2.05) is 6.92 Å². The zero-order valence-corrected chi connectivity index (χ0v) is 11.5. The molecule has 0 bridgehead atoms. The standard InChI is InChI=1S/C13H18N2O5/c1-3-4-20-12-6-10(5-11(7-12)15(18)19)14-8-9(2)13(16)17/h5-7,9,14H,3-4,8H2,1-2H3,(H,16,17). The lowest BCUT2D eigenvalue weighted by atomic mass is 10.2. The van der Waals surface area contributed by atoms with Gasteiger partial charge in [0, 0.05) is 24.4 Å². The number of nitrogens with one attached hydrogen (secondary N) is 1. The van der Waals surface area contributed by atoms with Gasteiger partial charge < -0.3 is 15.2 Å². The van der Waals surface area contributed by atoms with E-state index in [0.29, 0.717) is 18.0 Å². The molecule has 0 aliphatic carbocycles. The molecule has 7 heteroatoms. The largest absolute Gasteiger partial charge is 0.493 e. The van der Waals surface area contributed by atoms with Crippen molar-refractivity contribution in [3.63, 3.8) is 0 Å². The minimum atomic E-state index is -0.926. The quantitative estimate of drug-likeness (QED) is 0.561. The predicted molar refractivity (Wildman–Crippen MR) is 74.2 cm³/mol. The van der Waals surface area contributed by atoms with Gasteiger partial charge in [-0.3, -0.25) is 14.9 Å². The molecule has 0 aliphatic rings. The molecule has 2 N–H and O–H groups in total. The number of anilines is 1. The summed E-state index contributed by atoms with van der Waals surface area (Å²) in [5.41, 5.74) is 0.377. The van der Waals surface area contributed by atoms with Crippen LogP contribution in [-0.4, -0.2) is 29.2 Å². The third kappa shape index (κ3) is 4.75. The van der Waals surface area contributed by atoms with Gasteiger partial charge in [0.25, 0.3) is 5.69 Å². The summed E-state index contributed by atoms with van der Waals surface area (Å²) in [4.78, 5) is 21.1. The fraction of sp³-hybridized carbons (Fsp3) is 0.462. The SMILES string of the molecule is CCCOc1cc(NCC(C)C(=O)O)cc([N+](=O)[O-])c1. The summed E-state index contributed by atoms with van der Waals surface area (Å²) < 4.78 is 5.38. The number of benzene rings is 1. The minimum Gasteiger partial charge on any atom is -0.493 e. The van der Waals surface area contributed by atoms with Crippen molar-refractivity contribution in [1.29, 1.82) is 0 Å². The minimum absolute atomic E-state index is 0.0934. The number of aliphatic carboxylic acids is 1. The van der Waals surface area contributed by atoms with Crippen LogP contribution < -0.4 is 10.1 Å². The highest BCUT2D eigenvalue weighted by Crippen LogP contribution is 2.26. The summed E-state index contributed by atoms with van der Waals surface area (Å²) >= 11 is 0. The summed E-state index contributed by atoms with van der Waals surface area (Å²) in [6.07, 6.45) is 0.793. The van der Waals surface area contributed by atoms with Gasteiger partial charge in [0.2, 0.25) is 0 Å². The Morgan fingerprint density at radius 1 is 1.50 bits per heavy atom. The maximum Gasteiger partial charge on any atom is 0.308 e. The third-order valence-electron chi connectivity index (χ3n) is 2.61. The Hall–Kier alpha value is -2.31. The first-order valence-corrected chi connectivity index (χ1v) is 6.33. The number of rotatable bonds is 8. The van der Waals surface area contributed by atoms with E-state index in [1.54, 1.807) is 13.0 Å². The smallest absolute Gasteiger partial charge is 0.308 e. The number of nitro groups is 1. The van der Waals surface area contributed by atoms with Gasteiger partial charge in [-0.15, -0.1) is 0 Å². The molecule has 110 valence electrons. The average Bonchev–Trinajstić information content (AvgIpc) is 2.42. The molecule has 0 fully saturated rings. The number of carbonyl (C=O) groups is 1. The zero-order valence-electron chi connectivity index (χ0n) is 11.5. The average molecular weight is 282 g/mol. The van der Waals surface area contributed by atoms with E-state index in [9.17, 15) is 14.9 Å². The van der Waals surface area contributed by atoms with E-state index >= 15 is 0 Å². The van der Waals surface area contributed by atoms with Gasteiger partial charge in [0.15, 0.2) is 0 Å². The van der Waals surface area contributed by atoms with Crippen molar-refractivity contribution in [3.05, 3.63) is 28.3 Å². The molecule has 0 amide bonds. The molecule has 20 heavy (non-hydrogen) atoms. The van der Waals surface area contributed by atoms with Crippen LogP contribution in [0, 0.1) is 16.0 Å². The molecule has 0 aromatic heterocycles. The van der Waals surface area contributed by atoms with Crippen molar-refractivity contribution in [2.75, 3.05) is 18.5 Å². The maximum absolute atomic E-state index is 10.9. The molecule has 0 saturated carbocycles. The van der Waals surface area contributed by atoms with E-state index in [-0.39, 0.29) is 12.2 Å². The molecule has 0 aliphatic heterocycles. The second-order valence-electron chi connectivity index (χ2n) is 4.44. The molecule has 1 aromatic rings. The molecule has 1 aromatic carbocycles. The molecular weight excluding hydrogens is 264 g/mol. The number of nitrogens with zero attached hydrogens (tertiary/aromatic N) is 1. The van der Waals surface area contributed by atoms with Crippen LogP contribution in [0.2, 0.25) is 0 Å². The summed E-state index contributed by atoms with van der Waals surface area (Å²) in [6, 6.07) is 4.33. The summed E-state index contributed by atoms with van der Waals surface area (Å²) in [6.45, 7) is 4.14. The lowest BCUT2D eigenvalue weighted by molar-refractivity contribution is -0.384. The third-order valence-corrected chi connectivity index (χ3v) is 2.61. The van der Waals surface area contributed by atoms with Gasteiger partial charge >= 0.3 is 5.97 Å².